The molecule has 2 aromatic rings. The molecule has 1 N–H and O–H groups in total. The second-order valence-corrected chi connectivity index (χ2v) is 6.10. The van der Waals surface area contributed by atoms with Crippen molar-refractivity contribution in [3.63, 3.8) is 0 Å². The summed E-state index contributed by atoms with van der Waals surface area (Å²) < 4.78 is 14.4. The molecule has 0 saturated heterocycles. The molecule has 3 rings (SSSR count). The molecule has 1 aliphatic heterocycles. The molecule has 0 aliphatic carbocycles. The second kappa shape index (κ2) is 5.23. The second-order valence-electron chi connectivity index (χ2n) is 4.32. The van der Waals surface area contributed by atoms with Crippen LogP contribution in [-0.4, -0.2) is 9.97 Å². The number of nitrogens with zero attached hydrogens (tertiary/aromatic N) is 1. The van der Waals surface area contributed by atoms with Gasteiger partial charge in [0, 0.05) is 39.8 Å². The maximum atomic E-state index is 13.8. The Morgan fingerprint density at radius 3 is 3.05 bits per heavy atom. The molecule has 0 amide bonds. The Labute approximate surface area is 124 Å². The molecule has 0 unspecified atom stereocenters. The van der Waals surface area contributed by atoms with Gasteiger partial charge in [0.05, 0.1) is 0 Å². The van der Waals surface area contributed by atoms with E-state index in [1.807, 2.05) is 0 Å². The maximum Gasteiger partial charge on any atom is 0.134 e. The number of nitrogens with one attached hydrogen (secondary N) is 1. The third-order valence-corrected chi connectivity index (χ3v) is 4.73. The number of hydrogen-bond acceptors (Lipinski definition) is 3. The molecular formula is C13H10ClFN2S2. The molecule has 1 aromatic heterocycles. The molecular weight excluding hydrogens is 303 g/mol. The van der Waals surface area contributed by atoms with E-state index in [9.17, 15) is 4.39 Å². The highest BCUT2D eigenvalue weighted by Gasteiger charge is 2.16. The molecule has 0 atom stereocenters. The smallest absolute Gasteiger partial charge is 0.134 e. The van der Waals surface area contributed by atoms with Gasteiger partial charge in [-0.1, -0.05) is 29.9 Å². The van der Waals surface area contributed by atoms with Crippen molar-refractivity contribution in [3.05, 3.63) is 56.3 Å². The summed E-state index contributed by atoms with van der Waals surface area (Å²) in [5.74, 6) is 2.15. The highest BCUT2D eigenvalue weighted by molar-refractivity contribution is 7.98. The SMILES string of the molecule is Fc1cccc(Cl)c1Cc1nc(=S)c2c([nH]1)CSC2. The van der Waals surface area contributed by atoms with Crippen molar-refractivity contribution >= 4 is 35.6 Å². The van der Waals surface area contributed by atoms with Gasteiger partial charge in [0.1, 0.15) is 16.3 Å². The number of aromatic nitrogens is 2. The first-order valence-electron chi connectivity index (χ1n) is 5.76. The molecule has 2 nitrogen and oxygen atoms in total. The lowest BCUT2D eigenvalue weighted by molar-refractivity contribution is 0.612. The molecule has 1 aliphatic rings. The number of hydrogen-bond donors (Lipinski definition) is 1. The molecule has 0 radical (unpaired) electrons. The summed E-state index contributed by atoms with van der Waals surface area (Å²) in [4.78, 5) is 7.59. The normalized spacial score (nSPS) is 13.6. The van der Waals surface area contributed by atoms with Gasteiger partial charge in [-0.15, -0.1) is 0 Å². The zero-order valence-corrected chi connectivity index (χ0v) is 12.3. The molecule has 0 bridgehead atoms. The average Bonchev–Trinajstić information content (AvgIpc) is 2.83. The lowest BCUT2D eigenvalue weighted by Crippen LogP contribution is -2.03. The van der Waals surface area contributed by atoms with Crippen LogP contribution in [0.15, 0.2) is 18.2 Å². The summed E-state index contributed by atoms with van der Waals surface area (Å²) in [5, 5.41) is 0.413. The van der Waals surface area contributed by atoms with E-state index in [1.165, 1.54) is 6.07 Å². The lowest BCUT2D eigenvalue weighted by atomic mass is 10.1. The summed E-state index contributed by atoms with van der Waals surface area (Å²) in [6, 6.07) is 4.67. The van der Waals surface area contributed by atoms with Crippen LogP contribution in [0.2, 0.25) is 5.02 Å². The van der Waals surface area contributed by atoms with Crippen LogP contribution in [0.1, 0.15) is 22.6 Å². The van der Waals surface area contributed by atoms with Crippen molar-refractivity contribution in [1.82, 2.24) is 9.97 Å². The van der Waals surface area contributed by atoms with Crippen LogP contribution >= 0.6 is 35.6 Å². The molecule has 6 heteroatoms. The Kier molecular flexibility index (Phi) is 3.60. The van der Waals surface area contributed by atoms with Crippen LogP contribution < -0.4 is 0 Å². The molecule has 2 heterocycles. The summed E-state index contributed by atoms with van der Waals surface area (Å²) in [7, 11) is 0. The highest BCUT2D eigenvalue weighted by Crippen LogP contribution is 2.29. The molecule has 0 fully saturated rings. The first-order valence-corrected chi connectivity index (χ1v) is 7.71. The van der Waals surface area contributed by atoms with Gasteiger partial charge in [0.15, 0.2) is 0 Å². The first-order chi connectivity index (χ1) is 9.15. The minimum atomic E-state index is -0.316. The van der Waals surface area contributed by atoms with Crippen molar-refractivity contribution in [2.24, 2.45) is 0 Å². The predicted octanol–water partition coefficient (Wildman–Crippen LogP) is 4.27. The van der Waals surface area contributed by atoms with Gasteiger partial charge < -0.3 is 4.98 Å². The van der Waals surface area contributed by atoms with E-state index in [1.54, 1.807) is 23.9 Å². The van der Waals surface area contributed by atoms with E-state index in [0.717, 1.165) is 22.8 Å². The zero-order chi connectivity index (χ0) is 13.4. The van der Waals surface area contributed by atoms with Crippen LogP contribution in [0.25, 0.3) is 0 Å². The van der Waals surface area contributed by atoms with Crippen molar-refractivity contribution in [3.8, 4) is 0 Å². The average molecular weight is 313 g/mol. The van der Waals surface area contributed by atoms with Crippen LogP contribution in [0.5, 0.6) is 0 Å². The Bertz CT molecular complexity index is 679. The minimum absolute atomic E-state index is 0.316. The summed E-state index contributed by atoms with van der Waals surface area (Å²) in [6.07, 6.45) is 0.326. The van der Waals surface area contributed by atoms with E-state index in [2.05, 4.69) is 9.97 Å². The van der Waals surface area contributed by atoms with Crippen LogP contribution in [0.3, 0.4) is 0 Å². The van der Waals surface area contributed by atoms with Crippen molar-refractivity contribution in [2.45, 2.75) is 17.9 Å². The number of aromatic amines is 1. The van der Waals surface area contributed by atoms with Crippen LogP contribution in [0, 0.1) is 10.5 Å². The fraction of sp³-hybridized carbons (Fsp3) is 0.231. The topological polar surface area (TPSA) is 28.7 Å². The third kappa shape index (κ3) is 2.55. The zero-order valence-electron chi connectivity index (χ0n) is 9.87. The summed E-state index contributed by atoms with van der Waals surface area (Å²) in [5.41, 5.74) is 2.66. The molecule has 98 valence electrons. The van der Waals surface area contributed by atoms with Crippen molar-refractivity contribution in [2.75, 3.05) is 0 Å². The molecule has 0 saturated carbocycles. The van der Waals surface area contributed by atoms with E-state index in [4.69, 9.17) is 23.8 Å². The highest BCUT2D eigenvalue weighted by atomic mass is 35.5. The van der Waals surface area contributed by atoms with Gasteiger partial charge in [-0.25, -0.2) is 9.37 Å². The summed E-state index contributed by atoms with van der Waals surface area (Å²) in [6.45, 7) is 0. The summed E-state index contributed by atoms with van der Waals surface area (Å²) >= 11 is 13.1. The quantitative estimate of drug-likeness (QED) is 0.840. The van der Waals surface area contributed by atoms with Crippen molar-refractivity contribution < 1.29 is 4.39 Å². The van der Waals surface area contributed by atoms with E-state index in [-0.39, 0.29) is 5.82 Å². The Balaban J connectivity index is 2.01. The first kappa shape index (κ1) is 13.1. The third-order valence-electron chi connectivity index (χ3n) is 3.05. The van der Waals surface area contributed by atoms with Gasteiger partial charge in [-0.3, -0.25) is 0 Å². The Morgan fingerprint density at radius 2 is 2.26 bits per heavy atom. The monoisotopic (exact) mass is 312 g/mol. The number of rotatable bonds is 2. The number of thioether (sulfide) groups is 1. The van der Waals surface area contributed by atoms with E-state index >= 15 is 0 Å². The van der Waals surface area contributed by atoms with Crippen LogP contribution in [0.4, 0.5) is 4.39 Å². The van der Waals surface area contributed by atoms with Gasteiger partial charge >= 0.3 is 0 Å². The minimum Gasteiger partial charge on any atom is -0.346 e. The number of benzene rings is 1. The number of fused-ring (bicyclic) bond motifs is 1. The Hall–Kier alpha value is -0.910. The molecule has 1 aromatic carbocycles. The standard InChI is InChI=1S/C13H10ClFN2S2/c14-9-2-1-3-10(15)7(9)4-12-16-11-6-19-5-8(11)13(18)17-12/h1-3H,4-6H2,(H,16,17,18). The molecule has 0 spiro atoms. The maximum absolute atomic E-state index is 13.8. The van der Waals surface area contributed by atoms with Crippen molar-refractivity contribution in [1.29, 1.82) is 0 Å². The van der Waals surface area contributed by atoms with Gasteiger partial charge in [-0.05, 0) is 12.1 Å². The van der Waals surface area contributed by atoms with Gasteiger partial charge in [0.2, 0.25) is 0 Å². The van der Waals surface area contributed by atoms with Gasteiger partial charge in [-0.2, -0.15) is 11.8 Å². The number of halogens is 2. The fourth-order valence-corrected chi connectivity index (χ4v) is 3.77. The number of H-pyrrole nitrogens is 1. The largest absolute Gasteiger partial charge is 0.346 e. The predicted molar refractivity (Wildman–Crippen MR) is 78.6 cm³/mol. The molecule has 19 heavy (non-hydrogen) atoms. The van der Waals surface area contributed by atoms with Gasteiger partial charge in [0.25, 0.3) is 0 Å². The Morgan fingerprint density at radius 1 is 1.42 bits per heavy atom. The lowest BCUT2D eigenvalue weighted by Gasteiger charge is -2.07. The van der Waals surface area contributed by atoms with E-state index < -0.39 is 0 Å². The van der Waals surface area contributed by atoms with Crippen LogP contribution in [-0.2, 0) is 17.9 Å². The van der Waals surface area contributed by atoms with E-state index in [0.29, 0.717) is 27.5 Å². The fourth-order valence-electron chi connectivity index (χ4n) is 2.08.